The quantitative estimate of drug-likeness (QED) is 0.608. The van der Waals surface area contributed by atoms with Crippen molar-refractivity contribution in [3.63, 3.8) is 0 Å². The maximum atomic E-state index is 6.06. The summed E-state index contributed by atoms with van der Waals surface area (Å²) in [7, 11) is 1.60. The lowest BCUT2D eigenvalue weighted by Crippen LogP contribution is -2.01. The van der Waals surface area contributed by atoms with Crippen molar-refractivity contribution < 1.29 is 9.47 Å². The minimum absolute atomic E-state index is 0.472. The van der Waals surface area contributed by atoms with Crippen LogP contribution in [0.2, 0.25) is 5.02 Å². The van der Waals surface area contributed by atoms with Crippen LogP contribution >= 0.6 is 11.6 Å². The zero-order valence-corrected chi connectivity index (χ0v) is 15.2. The number of ether oxygens (including phenoxy) is 2. The maximum Gasteiger partial charge on any atom is 0.229 e. The van der Waals surface area contributed by atoms with E-state index in [0.717, 1.165) is 17.1 Å². The second-order valence-corrected chi connectivity index (χ2v) is 5.75. The van der Waals surface area contributed by atoms with Crippen LogP contribution in [0.25, 0.3) is 0 Å². The zero-order valence-electron chi connectivity index (χ0n) is 14.5. The molecule has 1 heterocycles. The second kappa shape index (κ2) is 8.40. The van der Waals surface area contributed by atoms with E-state index in [1.165, 1.54) is 0 Å². The van der Waals surface area contributed by atoms with Crippen LogP contribution in [0.1, 0.15) is 6.92 Å². The highest BCUT2D eigenvalue weighted by Crippen LogP contribution is 2.30. The molecule has 3 aromatic rings. The van der Waals surface area contributed by atoms with Gasteiger partial charge in [-0.2, -0.15) is 4.98 Å². The molecule has 0 bridgehead atoms. The number of nitrogens with one attached hydrogen (secondary N) is 2. The van der Waals surface area contributed by atoms with Crippen LogP contribution in [-0.2, 0) is 0 Å². The lowest BCUT2D eigenvalue weighted by molar-refractivity contribution is 0.340. The predicted octanol–water partition coefficient (Wildman–Crippen LogP) is 5.02. The Labute approximate surface area is 157 Å². The van der Waals surface area contributed by atoms with Crippen LogP contribution in [0.3, 0.4) is 0 Å². The van der Waals surface area contributed by atoms with Gasteiger partial charge in [-0.25, -0.2) is 4.98 Å². The van der Waals surface area contributed by atoms with E-state index >= 15 is 0 Å². The number of anilines is 4. The number of aromatic nitrogens is 2. The highest BCUT2D eigenvalue weighted by molar-refractivity contribution is 6.31. The summed E-state index contributed by atoms with van der Waals surface area (Å²) < 4.78 is 10.8. The van der Waals surface area contributed by atoms with Crippen LogP contribution in [0, 0.1) is 0 Å². The zero-order chi connectivity index (χ0) is 18.4. The molecule has 2 N–H and O–H groups in total. The third-order valence-corrected chi connectivity index (χ3v) is 3.74. The maximum absolute atomic E-state index is 6.06. The van der Waals surface area contributed by atoms with Crippen LogP contribution in [0.15, 0.2) is 54.7 Å². The molecule has 0 aliphatic rings. The molecular formula is C19H19ClN4O2. The van der Waals surface area contributed by atoms with Gasteiger partial charge < -0.3 is 20.1 Å². The van der Waals surface area contributed by atoms with Crippen molar-refractivity contribution in [2.45, 2.75) is 6.92 Å². The first-order chi connectivity index (χ1) is 12.7. The number of hydrogen-bond donors (Lipinski definition) is 2. The van der Waals surface area contributed by atoms with E-state index < -0.39 is 0 Å². The molecule has 0 fully saturated rings. The summed E-state index contributed by atoms with van der Waals surface area (Å²) >= 11 is 6.06. The van der Waals surface area contributed by atoms with Crippen LogP contribution in [0.4, 0.5) is 23.1 Å². The Hall–Kier alpha value is -2.99. The number of methoxy groups -OCH3 is 1. The molecule has 0 saturated carbocycles. The molecule has 6 nitrogen and oxygen atoms in total. The topological polar surface area (TPSA) is 68.3 Å². The molecule has 0 aliphatic carbocycles. The molecule has 0 spiro atoms. The van der Waals surface area contributed by atoms with Gasteiger partial charge in [-0.15, -0.1) is 0 Å². The van der Waals surface area contributed by atoms with E-state index in [9.17, 15) is 0 Å². The van der Waals surface area contributed by atoms with Crippen molar-refractivity contribution in [2.75, 3.05) is 24.4 Å². The van der Waals surface area contributed by atoms with E-state index in [1.807, 2.05) is 31.2 Å². The highest BCUT2D eigenvalue weighted by atomic mass is 35.5. The number of nitrogens with zero attached hydrogens (tertiary/aromatic N) is 2. The molecule has 0 aliphatic heterocycles. The van der Waals surface area contributed by atoms with Crippen molar-refractivity contribution in [3.8, 4) is 11.5 Å². The number of benzene rings is 2. The molecule has 1 aromatic heterocycles. The van der Waals surface area contributed by atoms with E-state index in [-0.39, 0.29) is 0 Å². The normalized spacial score (nSPS) is 10.3. The first kappa shape index (κ1) is 17.8. The van der Waals surface area contributed by atoms with Gasteiger partial charge in [-0.1, -0.05) is 11.6 Å². The summed E-state index contributed by atoms with van der Waals surface area (Å²) in [4.78, 5) is 8.71. The Morgan fingerprint density at radius 3 is 2.58 bits per heavy atom. The summed E-state index contributed by atoms with van der Waals surface area (Å²) in [5.74, 6) is 2.59. The average Bonchev–Trinajstić information content (AvgIpc) is 2.64. The molecule has 0 radical (unpaired) electrons. The van der Waals surface area contributed by atoms with E-state index in [1.54, 1.807) is 37.6 Å². The number of rotatable bonds is 7. The molecule has 0 atom stereocenters. The fourth-order valence-corrected chi connectivity index (χ4v) is 2.51. The van der Waals surface area contributed by atoms with Gasteiger partial charge >= 0.3 is 0 Å². The first-order valence-corrected chi connectivity index (χ1v) is 8.49. The molecule has 0 amide bonds. The lowest BCUT2D eigenvalue weighted by atomic mass is 10.3. The average molecular weight is 371 g/mol. The van der Waals surface area contributed by atoms with E-state index in [0.29, 0.717) is 29.1 Å². The molecule has 26 heavy (non-hydrogen) atoms. The minimum atomic E-state index is 0.472. The highest BCUT2D eigenvalue weighted by Gasteiger charge is 2.06. The summed E-state index contributed by atoms with van der Waals surface area (Å²) in [6.07, 6.45) is 1.67. The molecule has 134 valence electrons. The van der Waals surface area contributed by atoms with Crippen LogP contribution in [0.5, 0.6) is 11.5 Å². The molecule has 2 aromatic carbocycles. The largest absolute Gasteiger partial charge is 0.495 e. The van der Waals surface area contributed by atoms with Gasteiger partial charge in [0.2, 0.25) is 5.95 Å². The molecule has 7 heteroatoms. The number of halogens is 1. The fraction of sp³-hybridized carbons (Fsp3) is 0.158. The van der Waals surface area contributed by atoms with Gasteiger partial charge in [0, 0.05) is 16.9 Å². The summed E-state index contributed by atoms with van der Waals surface area (Å²) in [5, 5.41) is 6.97. The van der Waals surface area contributed by atoms with E-state index in [4.69, 9.17) is 21.1 Å². The molecule has 3 rings (SSSR count). The SMILES string of the molecule is CCOc1ccc(Nc2nccc(Nc3cc(Cl)ccc3OC)n2)cc1. The first-order valence-electron chi connectivity index (χ1n) is 8.11. The van der Waals surface area contributed by atoms with Crippen molar-refractivity contribution in [1.82, 2.24) is 9.97 Å². The van der Waals surface area contributed by atoms with Gasteiger partial charge in [0.15, 0.2) is 0 Å². The third kappa shape index (κ3) is 4.55. The Kier molecular flexibility index (Phi) is 5.76. The van der Waals surface area contributed by atoms with Gasteiger partial charge in [-0.3, -0.25) is 0 Å². The van der Waals surface area contributed by atoms with Gasteiger partial charge in [0.05, 0.1) is 19.4 Å². The van der Waals surface area contributed by atoms with Crippen molar-refractivity contribution in [3.05, 3.63) is 59.8 Å². The van der Waals surface area contributed by atoms with Gasteiger partial charge in [0.1, 0.15) is 17.3 Å². The van der Waals surface area contributed by atoms with Crippen LogP contribution < -0.4 is 20.1 Å². The predicted molar refractivity (Wildman–Crippen MR) is 104 cm³/mol. The molecular weight excluding hydrogens is 352 g/mol. The molecule has 0 saturated heterocycles. The monoisotopic (exact) mass is 370 g/mol. The lowest BCUT2D eigenvalue weighted by Gasteiger charge is -2.12. The Morgan fingerprint density at radius 2 is 1.85 bits per heavy atom. The number of hydrogen-bond acceptors (Lipinski definition) is 6. The minimum Gasteiger partial charge on any atom is -0.495 e. The summed E-state index contributed by atoms with van der Waals surface area (Å²) in [6.45, 7) is 2.59. The van der Waals surface area contributed by atoms with Gasteiger partial charge in [-0.05, 0) is 55.5 Å². The van der Waals surface area contributed by atoms with Crippen LogP contribution in [-0.4, -0.2) is 23.7 Å². The van der Waals surface area contributed by atoms with Crippen molar-refractivity contribution >= 4 is 34.7 Å². The second-order valence-electron chi connectivity index (χ2n) is 5.32. The van der Waals surface area contributed by atoms with E-state index in [2.05, 4.69) is 20.6 Å². The Morgan fingerprint density at radius 1 is 1.04 bits per heavy atom. The standard InChI is InChI=1S/C19H19ClN4O2/c1-3-26-15-7-5-14(6-8-15)22-19-21-11-10-18(24-19)23-16-12-13(20)4-9-17(16)25-2/h4-12H,3H2,1-2H3,(H2,21,22,23,24). The van der Waals surface area contributed by atoms with Crippen molar-refractivity contribution in [2.24, 2.45) is 0 Å². The Bertz CT molecular complexity index is 872. The molecule has 0 unspecified atom stereocenters. The Balaban J connectivity index is 1.75. The summed E-state index contributed by atoms with van der Waals surface area (Å²) in [6, 6.07) is 14.7. The fourth-order valence-electron chi connectivity index (χ4n) is 2.33. The summed E-state index contributed by atoms with van der Waals surface area (Å²) in [5.41, 5.74) is 1.59. The van der Waals surface area contributed by atoms with Crippen molar-refractivity contribution in [1.29, 1.82) is 0 Å². The third-order valence-electron chi connectivity index (χ3n) is 3.50. The smallest absolute Gasteiger partial charge is 0.229 e. The van der Waals surface area contributed by atoms with Gasteiger partial charge in [0.25, 0.3) is 0 Å².